The number of amides is 1. The quantitative estimate of drug-likeness (QED) is 0.309. The Hall–Kier alpha value is -3.58. The molecule has 1 aliphatic rings. The third-order valence-electron chi connectivity index (χ3n) is 4.72. The molecule has 3 aromatic rings. The minimum atomic E-state index is -0.137. The van der Waals surface area contributed by atoms with Crippen LogP contribution in [0.1, 0.15) is 22.5 Å². The van der Waals surface area contributed by atoms with Crippen molar-refractivity contribution in [1.29, 1.82) is 0 Å². The first kappa shape index (κ1) is 20.7. The molecule has 4 rings (SSSR count). The number of hydrogen-bond acceptors (Lipinski definition) is 6. The molecule has 156 valence electrons. The van der Waals surface area contributed by atoms with Crippen LogP contribution in [-0.4, -0.2) is 29.3 Å². The monoisotopic (exact) mass is 431 g/mol. The fourth-order valence-corrected chi connectivity index (χ4v) is 3.94. The average Bonchev–Trinajstić information content (AvgIpc) is 3.40. The van der Waals surface area contributed by atoms with Crippen molar-refractivity contribution in [1.82, 2.24) is 4.90 Å². The van der Waals surface area contributed by atoms with E-state index in [0.29, 0.717) is 15.8 Å². The molecule has 6 nitrogen and oxygen atoms in total. The second kappa shape index (κ2) is 9.49. The van der Waals surface area contributed by atoms with Crippen LogP contribution in [0, 0.1) is 6.92 Å². The maximum absolute atomic E-state index is 13.1. The van der Waals surface area contributed by atoms with Crippen LogP contribution >= 0.6 is 11.8 Å². The summed E-state index contributed by atoms with van der Waals surface area (Å²) in [7, 11) is 1.62. The number of hydrogen-bond donors (Lipinski definition) is 0. The van der Waals surface area contributed by atoms with Gasteiger partial charge in [-0.2, -0.15) is 5.10 Å². The number of carbonyl (C=O) groups is 1. The van der Waals surface area contributed by atoms with Gasteiger partial charge in [-0.25, -0.2) is 0 Å². The van der Waals surface area contributed by atoms with Crippen LogP contribution in [-0.2, 0) is 11.3 Å². The number of nitrogens with zero attached hydrogens (tertiary/aromatic N) is 3. The second-order valence-corrected chi connectivity index (χ2v) is 7.85. The molecule has 2 aromatic carbocycles. The van der Waals surface area contributed by atoms with Gasteiger partial charge < -0.3 is 9.15 Å². The number of furan rings is 1. The Kier molecular flexibility index (Phi) is 6.33. The number of benzene rings is 2. The van der Waals surface area contributed by atoms with Gasteiger partial charge in [0.05, 0.1) is 31.0 Å². The summed E-state index contributed by atoms with van der Waals surface area (Å²) in [6.07, 6.45) is 5.13. The molecule has 0 N–H and O–H groups in total. The zero-order valence-corrected chi connectivity index (χ0v) is 18.0. The average molecular weight is 432 g/mol. The van der Waals surface area contributed by atoms with E-state index in [-0.39, 0.29) is 12.5 Å². The Morgan fingerprint density at radius 1 is 1.10 bits per heavy atom. The van der Waals surface area contributed by atoms with Gasteiger partial charge in [0.2, 0.25) is 0 Å². The van der Waals surface area contributed by atoms with Crippen molar-refractivity contribution in [3.05, 3.63) is 94.3 Å². The Labute approximate surface area is 184 Å². The van der Waals surface area contributed by atoms with Gasteiger partial charge in [-0.05, 0) is 65.7 Å². The van der Waals surface area contributed by atoms with Crippen molar-refractivity contribution in [2.24, 2.45) is 10.2 Å². The highest BCUT2D eigenvalue weighted by molar-refractivity contribution is 8.18. The minimum absolute atomic E-state index is 0.137. The van der Waals surface area contributed by atoms with Crippen molar-refractivity contribution in [2.75, 3.05) is 7.11 Å². The lowest BCUT2D eigenvalue weighted by Crippen LogP contribution is -2.28. The summed E-state index contributed by atoms with van der Waals surface area (Å²) < 4.78 is 10.6. The smallest absolute Gasteiger partial charge is 0.267 e. The summed E-state index contributed by atoms with van der Waals surface area (Å²) in [5.74, 6) is 1.30. The molecule has 1 saturated heterocycles. The molecule has 1 aliphatic heterocycles. The van der Waals surface area contributed by atoms with Crippen LogP contribution in [0.15, 0.2) is 86.5 Å². The standard InChI is InChI=1S/C24H21N3O3S/c1-17-6-3-4-7-19(17)15-25-26-24-27(16-21-8-5-13-30-21)23(28)22(31-24)14-18-9-11-20(29-2)12-10-18/h3-15H,16H2,1-2H3/b22-14-,25-15-,26-24+. The number of thioether (sulfide) groups is 1. The molecule has 1 aromatic heterocycles. The maximum atomic E-state index is 13.1. The molecule has 31 heavy (non-hydrogen) atoms. The van der Waals surface area contributed by atoms with E-state index in [1.807, 2.05) is 67.6 Å². The van der Waals surface area contributed by atoms with E-state index in [9.17, 15) is 4.79 Å². The van der Waals surface area contributed by atoms with E-state index in [4.69, 9.17) is 9.15 Å². The van der Waals surface area contributed by atoms with E-state index in [1.54, 1.807) is 30.6 Å². The first-order valence-electron chi connectivity index (χ1n) is 9.68. The number of rotatable bonds is 6. The lowest BCUT2D eigenvalue weighted by Gasteiger charge is -2.12. The molecular weight excluding hydrogens is 410 g/mol. The van der Waals surface area contributed by atoms with Gasteiger partial charge >= 0.3 is 0 Å². The first-order chi connectivity index (χ1) is 15.1. The third-order valence-corrected chi connectivity index (χ3v) is 5.72. The van der Waals surface area contributed by atoms with E-state index in [2.05, 4.69) is 10.2 Å². The Morgan fingerprint density at radius 2 is 1.90 bits per heavy atom. The number of ether oxygens (including phenoxy) is 1. The van der Waals surface area contributed by atoms with Crippen molar-refractivity contribution < 1.29 is 13.9 Å². The van der Waals surface area contributed by atoms with Gasteiger partial charge in [-0.15, -0.1) is 5.10 Å². The lowest BCUT2D eigenvalue weighted by molar-refractivity contribution is -0.122. The summed E-state index contributed by atoms with van der Waals surface area (Å²) in [6.45, 7) is 2.30. The molecule has 1 fully saturated rings. The predicted octanol–water partition coefficient (Wildman–Crippen LogP) is 5.10. The Morgan fingerprint density at radius 3 is 2.61 bits per heavy atom. The number of amidine groups is 1. The number of methoxy groups -OCH3 is 1. The van der Waals surface area contributed by atoms with Crippen LogP contribution in [0.4, 0.5) is 0 Å². The first-order valence-corrected chi connectivity index (χ1v) is 10.5. The lowest BCUT2D eigenvalue weighted by atomic mass is 10.1. The SMILES string of the molecule is COc1ccc(/C=C2\S/C(=N/N=C\c3ccccc3C)N(Cc3ccco3)C2=O)cc1. The van der Waals surface area contributed by atoms with Crippen LogP contribution in [0.3, 0.4) is 0 Å². The van der Waals surface area contributed by atoms with Gasteiger partial charge in [-0.3, -0.25) is 9.69 Å². The fraction of sp³-hybridized carbons (Fsp3) is 0.125. The summed E-state index contributed by atoms with van der Waals surface area (Å²) in [5, 5.41) is 9.08. The largest absolute Gasteiger partial charge is 0.497 e. The Balaban J connectivity index is 1.61. The van der Waals surface area contributed by atoms with Crippen LogP contribution in [0.5, 0.6) is 5.75 Å². The summed E-state index contributed by atoms with van der Waals surface area (Å²) in [4.78, 5) is 15.2. The van der Waals surface area contributed by atoms with Crippen LogP contribution < -0.4 is 4.74 Å². The molecule has 0 unspecified atom stereocenters. The van der Waals surface area contributed by atoms with Crippen molar-refractivity contribution in [3.63, 3.8) is 0 Å². The summed E-state index contributed by atoms with van der Waals surface area (Å²) >= 11 is 1.29. The van der Waals surface area contributed by atoms with E-state index in [0.717, 1.165) is 22.4 Å². The van der Waals surface area contributed by atoms with E-state index < -0.39 is 0 Å². The molecule has 0 aliphatic carbocycles. The van der Waals surface area contributed by atoms with Gasteiger partial charge in [0.15, 0.2) is 5.17 Å². The zero-order chi connectivity index (χ0) is 21.6. The van der Waals surface area contributed by atoms with Gasteiger partial charge in [-0.1, -0.05) is 36.4 Å². The number of aryl methyl sites for hydroxylation is 1. The molecule has 0 radical (unpaired) electrons. The molecule has 0 bridgehead atoms. The topological polar surface area (TPSA) is 67.4 Å². The Bertz CT molecular complexity index is 1150. The normalized spacial score (nSPS) is 16.7. The molecule has 2 heterocycles. The molecule has 0 atom stereocenters. The maximum Gasteiger partial charge on any atom is 0.267 e. The second-order valence-electron chi connectivity index (χ2n) is 6.84. The highest BCUT2D eigenvalue weighted by Crippen LogP contribution is 2.34. The van der Waals surface area contributed by atoms with E-state index in [1.165, 1.54) is 11.8 Å². The zero-order valence-electron chi connectivity index (χ0n) is 17.2. The highest BCUT2D eigenvalue weighted by Gasteiger charge is 2.34. The number of carbonyl (C=O) groups excluding carboxylic acids is 1. The van der Waals surface area contributed by atoms with E-state index >= 15 is 0 Å². The van der Waals surface area contributed by atoms with Gasteiger partial charge in [0.1, 0.15) is 11.5 Å². The third kappa shape index (κ3) is 4.95. The molecular formula is C24H21N3O3S. The van der Waals surface area contributed by atoms with Gasteiger partial charge in [0, 0.05) is 0 Å². The summed E-state index contributed by atoms with van der Waals surface area (Å²) in [6, 6.07) is 19.1. The molecule has 7 heteroatoms. The van der Waals surface area contributed by atoms with Crippen LogP contribution in [0.25, 0.3) is 6.08 Å². The summed E-state index contributed by atoms with van der Waals surface area (Å²) in [5.41, 5.74) is 2.99. The molecule has 1 amide bonds. The molecule has 0 spiro atoms. The van der Waals surface area contributed by atoms with Crippen LogP contribution in [0.2, 0.25) is 0 Å². The van der Waals surface area contributed by atoms with Crippen molar-refractivity contribution in [2.45, 2.75) is 13.5 Å². The van der Waals surface area contributed by atoms with Crippen molar-refractivity contribution in [3.8, 4) is 5.75 Å². The minimum Gasteiger partial charge on any atom is -0.497 e. The molecule has 0 saturated carbocycles. The fourth-order valence-electron chi connectivity index (χ4n) is 3.00. The van der Waals surface area contributed by atoms with Crippen molar-refractivity contribution >= 4 is 35.1 Å². The van der Waals surface area contributed by atoms with Gasteiger partial charge in [0.25, 0.3) is 5.91 Å². The predicted molar refractivity (Wildman–Crippen MR) is 124 cm³/mol. The highest BCUT2D eigenvalue weighted by atomic mass is 32.2.